The Morgan fingerprint density at radius 2 is 2.64 bits per heavy atom. The lowest BCUT2D eigenvalue weighted by atomic mass is 10.2. The van der Waals surface area contributed by atoms with E-state index in [-0.39, 0.29) is 5.91 Å². The Labute approximate surface area is 71.4 Å². The lowest BCUT2D eigenvalue weighted by molar-refractivity contribution is -0.116. The van der Waals surface area contributed by atoms with E-state index in [4.69, 9.17) is 0 Å². The van der Waals surface area contributed by atoms with Crippen molar-refractivity contribution in [3.05, 3.63) is 11.0 Å². The maximum atomic E-state index is 11.1. The Bertz CT molecular complexity index is 189. The number of hydrogen-bond acceptors (Lipinski definition) is 2. The molecule has 11 heavy (non-hydrogen) atoms. The van der Waals surface area contributed by atoms with E-state index in [1.54, 1.807) is 18.8 Å². The Morgan fingerprint density at radius 3 is 3.09 bits per heavy atom. The van der Waals surface area contributed by atoms with Gasteiger partial charge in [-0.05, 0) is 12.8 Å². The van der Waals surface area contributed by atoms with Crippen LogP contribution in [0.2, 0.25) is 0 Å². The molecule has 1 heterocycles. The summed E-state index contributed by atoms with van der Waals surface area (Å²) < 4.78 is 0. The van der Waals surface area contributed by atoms with Gasteiger partial charge in [-0.1, -0.05) is 13.0 Å². The second-order valence-corrected chi connectivity index (χ2v) is 3.87. The monoisotopic (exact) mass is 171 g/mol. The average Bonchev–Trinajstić information content (AvgIpc) is 2.50. The van der Waals surface area contributed by atoms with Gasteiger partial charge in [0.05, 0.1) is 4.91 Å². The van der Waals surface area contributed by atoms with Gasteiger partial charge in [-0.2, -0.15) is 0 Å². The Balaban J connectivity index is 2.45. The number of amides is 1. The smallest absolute Gasteiger partial charge is 0.257 e. The number of likely N-dealkylation sites (N-methyl/N-ethyl adjacent to an activating group) is 1. The highest BCUT2D eigenvalue weighted by Gasteiger charge is 2.19. The molecule has 1 aliphatic rings. The number of thioether (sulfide) groups is 1. The standard InChI is InChI=1S/C8H13NOS/c1-3-6-4-5-7(11-6)8(10)9-2/h5-6H,3-4H2,1-2H3,(H,9,10). The molecule has 0 saturated carbocycles. The molecule has 0 aromatic heterocycles. The molecule has 1 aliphatic heterocycles. The normalized spacial score (nSPS) is 23.1. The highest BCUT2D eigenvalue weighted by molar-refractivity contribution is 8.04. The third-order valence-corrected chi connectivity index (χ3v) is 3.23. The van der Waals surface area contributed by atoms with Crippen LogP contribution in [0.15, 0.2) is 11.0 Å². The van der Waals surface area contributed by atoms with Crippen LogP contribution in [0.4, 0.5) is 0 Å². The summed E-state index contributed by atoms with van der Waals surface area (Å²) in [6, 6.07) is 0. The first kappa shape index (κ1) is 8.65. The van der Waals surface area contributed by atoms with E-state index < -0.39 is 0 Å². The van der Waals surface area contributed by atoms with Crippen LogP contribution in [0.25, 0.3) is 0 Å². The van der Waals surface area contributed by atoms with E-state index in [9.17, 15) is 4.79 Å². The van der Waals surface area contributed by atoms with Gasteiger partial charge in [-0.25, -0.2) is 0 Å². The maximum absolute atomic E-state index is 11.1. The summed E-state index contributed by atoms with van der Waals surface area (Å²) in [5.74, 6) is 0.0611. The van der Waals surface area contributed by atoms with Gasteiger partial charge in [0.15, 0.2) is 0 Å². The molecule has 1 atom stereocenters. The predicted octanol–water partition coefficient (Wildman–Crippen LogP) is 1.53. The van der Waals surface area contributed by atoms with Crippen LogP contribution in [-0.2, 0) is 4.79 Å². The largest absolute Gasteiger partial charge is 0.355 e. The number of allylic oxidation sites excluding steroid dienone is 1. The molecule has 62 valence electrons. The molecule has 3 heteroatoms. The predicted molar refractivity (Wildman–Crippen MR) is 48.4 cm³/mol. The lowest BCUT2D eigenvalue weighted by Gasteiger charge is -2.04. The van der Waals surface area contributed by atoms with E-state index in [2.05, 4.69) is 12.2 Å². The van der Waals surface area contributed by atoms with Gasteiger partial charge >= 0.3 is 0 Å². The van der Waals surface area contributed by atoms with Crippen molar-refractivity contribution in [2.45, 2.75) is 25.0 Å². The van der Waals surface area contributed by atoms with Crippen molar-refractivity contribution in [1.82, 2.24) is 5.32 Å². The summed E-state index contributed by atoms with van der Waals surface area (Å²) in [6.45, 7) is 2.15. The molecular formula is C8H13NOS. The molecule has 1 rings (SSSR count). The van der Waals surface area contributed by atoms with Crippen molar-refractivity contribution in [2.75, 3.05) is 7.05 Å². The number of carbonyl (C=O) groups is 1. The highest BCUT2D eigenvalue weighted by atomic mass is 32.2. The van der Waals surface area contributed by atoms with Gasteiger partial charge in [-0.15, -0.1) is 11.8 Å². The van der Waals surface area contributed by atoms with E-state index in [0.29, 0.717) is 5.25 Å². The first-order valence-electron chi connectivity index (χ1n) is 3.86. The number of nitrogens with one attached hydrogen (secondary N) is 1. The third kappa shape index (κ3) is 1.99. The fourth-order valence-electron chi connectivity index (χ4n) is 1.03. The van der Waals surface area contributed by atoms with E-state index in [1.807, 2.05) is 6.08 Å². The van der Waals surface area contributed by atoms with Crippen molar-refractivity contribution < 1.29 is 4.79 Å². The lowest BCUT2D eigenvalue weighted by Crippen LogP contribution is -2.17. The van der Waals surface area contributed by atoms with Crippen LogP contribution in [0, 0.1) is 0 Å². The maximum Gasteiger partial charge on any atom is 0.257 e. The first-order valence-corrected chi connectivity index (χ1v) is 4.74. The van der Waals surface area contributed by atoms with Crippen molar-refractivity contribution in [3.63, 3.8) is 0 Å². The Morgan fingerprint density at radius 1 is 1.91 bits per heavy atom. The molecule has 0 spiro atoms. The summed E-state index contributed by atoms with van der Waals surface area (Å²) in [5.41, 5.74) is 0. The van der Waals surface area contributed by atoms with Crippen molar-refractivity contribution in [3.8, 4) is 0 Å². The minimum atomic E-state index is 0.0611. The summed E-state index contributed by atoms with van der Waals surface area (Å²) >= 11 is 1.69. The highest BCUT2D eigenvalue weighted by Crippen LogP contribution is 2.33. The van der Waals surface area contributed by atoms with Crippen LogP contribution >= 0.6 is 11.8 Å². The quantitative estimate of drug-likeness (QED) is 0.682. The minimum absolute atomic E-state index is 0.0611. The second-order valence-electron chi connectivity index (χ2n) is 2.53. The summed E-state index contributed by atoms with van der Waals surface area (Å²) in [5, 5.41) is 3.25. The summed E-state index contributed by atoms with van der Waals surface area (Å²) in [4.78, 5) is 12.0. The van der Waals surface area contributed by atoms with Crippen molar-refractivity contribution in [1.29, 1.82) is 0 Å². The molecular weight excluding hydrogens is 158 g/mol. The topological polar surface area (TPSA) is 29.1 Å². The van der Waals surface area contributed by atoms with Gasteiger partial charge in [0.2, 0.25) is 0 Å². The fourth-order valence-corrected chi connectivity index (χ4v) is 2.15. The molecule has 0 aromatic rings. The minimum Gasteiger partial charge on any atom is -0.355 e. The van der Waals surface area contributed by atoms with Crippen LogP contribution in [-0.4, -0.2) is 18.2 Å². The molecule has 0 radical (unpaired) electrons. The molecule has 0 fully saturated rings. The van der Waals surface area contributed by atoms with E-state index >= 15 is 0 Å². The average molecular weight is 171 g/mol. The Kier molecular flexibility index (Phi) is 3.00. The van der Waals surface area contributed by atoms with Gasteiger partial charge in [0.25, 0.3) is 5.91 Å². The van der Waals surface area contributed by atoms with Crippen LogP contribution in [0.5, 0.6) is 0 Å². The SMILES string of the molecule is CCC1CC=C(C(=O)NC)S1. The van der Waals surface area contributed by atoms with E-state index in [0.717, 1.165) is 17.7 Å². The summed E-state index contributed by atoms with van der Waals surface area (Å²) in [7, 11) is 1.67. The van der Waals surface area contributed by atoms with Gasteiger partial charge < -0.3 is 5.32 Å². The van der Waals surface area contributed by atoms with Gasteiger partial charge in [0, 0.05) is 12.3 Å². The molecule has 2 nitrogen and oxygen atoms in total. The fraction of sp³-hybridized carbons (Fsp3) is 0.625. The van der Waals surface area contributed by atoms with Crippen LogP contribution in [0.1, 0.15) is 19.8 Å². The molecule has 0 aromatic carbocycles. The molecule has 0 bridgehead atoms. The zero-order valence-corrected chi connectivity index (χ0v) is 7.70. The Hall–Kier alpha value is -0.440. The third-order valence-electron chi connectivity index (χ3n) is 1.77. The van der Waals surface area contributed by atoms with E-state index in [1.165, 1.54) is 0 Å². The zero-order chi connectivity index (χ0) is 8.27. The zero-order valence-electron chi connectivity index (χ0n) is 6.89. The van der Waals surface area contributed by atoms with Crippen LogP contribution < -0.4 is 5.32 Å². The second kappa shape index (κ2) is 3.81. The number of hydrogen-bond donors (Lipinski definition) is 1. The number of carbonyl (C=O) groups excluding carboxylic acids is 1. The molecule has 0 saturated heterocycles. The van der Waals surface area contributed by atoms with Crippen LogP contribution in [0.3, 0.4) is 0 Å². The molecule has 1 amide bonds. The van der Waals surface area contributed by atoms with Crippen molar-refractivity contribution in [2.24, 2.45) is 0 Å². The van der Waals surface area contributed by atoms with Gasteiger partial charge in [-0.3, -0.25) is 4.79 Å². The van der Waals surface area contributed by atoms with Gasteiger partial charge in [0.1, 0.15) is 0 Å². The first-order chi connectivity index (χ1) is 5.27. The van der Waals surface area contributed by atoms with Crippen molar-refractivity contribution >= 4 is 17.7 Å². The number of rotatable bonds is 2. The molecule has 0 aliphatic carbocycles. The molecule has 1 N–H and O–H groups in total. The summed E-state index contributed by atoms with van der Waals surface area (Å²) in [6.07, 6.45) is 4.21. The molecule has 1 unspecified atom stereocenters.